The normalized spacial score (nSPS) is 18.7. The second kappa shape index (κ2) is 8.55. The van der Waals surface area contributed by atoms with Gasteiger partial charge in [0.05, 0.1) is 0 Å². The minimum absolute atomic E-state index is 0.306. The average molecular weight is 288 g/mol. The second-order valence-corrected chi connectivity index (χ2v) is 7.16. The molecule has 0 amide bonds. The molecule has 2 heteroatoms. The summed E-state index contributed by atoms with van der Waals surface area (Å²) >= 11 is 0. The number of benzene rings is 1. The molecule has 0 aromatic heterocycles. The van der Waals surface area contributed by atoms with Gasteiger partial charge in [-0.3, -0.25) is 11.3 Å². The van der Waals surface area contributed by atoms with Crippen LogP contribution in [0.15, 0.2) is 24.3 Å². The molecule has 1 unspecified atom stereocenters. The molecule has 1 aliphatic carbocycles. The number of hydrogen-bond donors (Lipinski definition) is 2. The third-order valence-corrected chi connectivity index (χ3v) is 4.74. The number of nitrogens with one attached hydrogen (secondary N) is 1. The highest BCUT2D eigenvalue weighted by atomic mass is 15.2. The zero-order chi connectivity index (χ0) is 15.1. The number of hydrazine groups is 1. The number of hydrogen-bond acceptors (Lipinski definition) is 2. The molecule has 21 heavy (non-hydrogen) atoms. The lowest BCUT2D eigenvalue weighted by Gasteiger charge is -2.23. The first-order valence-electron chi connectivity index (χ1n) is 8.74. The molecule has 1 atom stereocenters. The van der Waals surface area contributed by atoms with Crippen LogP contribution in [0, 0.1) is 11.8 Å². The van der Waals surface area contributed by atoms with Crippen molar-refractivity contribution in [3.8, 4) is 0 Å². The largest absolute Gasteiger partial charge is 0.271 e. The lowest BCUT2D eigenvalue weighted by atomic mass is 9.89. The summed E-state index contributed by atoms with van der Waals surface area (Å²) in [5.74, 6) is 7.40. The molecule has 1 aromatic rings. The van der Waals surface area contributed by atoms with Crippen LogP contribution in [0.5, 0.6) is 0 Å². The van der Waals surface area contributed by atoms with E-state index in [9.17, 15) is 0 Å². The zero-order valence-electron chi connectivity index (χ0n) is 13.8. The maximum Gasteiger partial charge on any atom is 0.0462 e. The highest BCUT2D eigenvalue weighted by Gasteiger charge is 2.19. The molecular weight excluding hydrogens is 256 g/mol. The Morgan fingerprint density at radius 3 is 2.48 bits per heavy atom. The standard InChI is InChI=1S/C19H32N2/c1-15(2)12-17-10-7-11-18(13-17)19(21-20)14-16-8-5-3-4-6-9-16/h7,10-11,13,15-16,19,21H,3-6,8-9,12,14,20H2,1-2H3. The SMILES string of the molecule is CC(C)Cc1cccc(C(CC2CCCCCC2)NN)c1. The van der Waals surface area contributed by atoms with Crippen LogP contribution in [0.4, 0.5) is 0 Å². The summed E-state index contributed by atoms with van der Waals surface area (Å²) in [6, 6.07) is 9.31. The maximum absolute atomic E-state index is 5.86. The fourth-order valence-corrected chi connectivity index (χ4v) is 3.64. The predicted octanol–water partition coefficient (Wildman–Crippen LogP) is 4.75. The Bertz CT molecular complexity index is 406. The minimum atomic E-state index is 0.306. The molecule has 0 spiro atoms. The summed E-state index contributed by atoms with van der Waals surface area (Å²) in [5.41, 5.74) is 5.86. The van der Waals surface area contributed by atoms with Crippen LogP contribution in [0.3, 0.4) is 0 Å². The van der Waals surface area contributed by atoms with Gasteiger partial charge in [-0.2, -0.15) is 0 Å². The van der Waals surface area contributed by atoms with Gasteiger partial charge in [-0.25, -0.2) is 0 Å². The molecular formula is C19H32N2. The Morgan fingerprint density at radius 2 is 1.86 bits per heavy atom. The van der Waals surface area contributed by atoms with E-state index in [-0.39, 0.29) is 0 Å². The molecule has 0 saturated heterocycles. The van der Waals surface area contributed by atoms with Crippen LogP contribution < -0.4 is 11.3 Å². The van der Waals surface area contributed by atoms with Gasteiger partial charge in [0.25, 0.3) is 0 Å². The van der Waals surface area contributed by atoms with E-state index in [4.69, 9.17) is 5.84 Å². The molecule has 2 nitrogen and oxygen atoms in total. The Hall–Kier alpha value is -0.860. The Morgan fingerprint density at radius 1 is 1.14 bits per heavy atom. The lowest BCUT2D eigenvalue weighted by molar-refractivity contribution is 0.359. The van der Waals surface area contributed by atoms with E-state index >= 15 is 0 Å². The summed E-state index contributed by atoms with van der Waals surface area (Å²) in [7, 11) is 0. The number of nitrogens with two attached hydrogens (primary N) is 1. The lowest BCUT2D eigenvalue weighted by Crippen LogP contribution is -2.29. The first kappa shape index (κ1) is 16.5. The van der Waals surface area contributed by atoms with E-state index < -0.39 is 0 Å². The van der Waals surface area contributed by atoms with Gasteiger partial charge in [-0.15, -0.1) is 0 Å². The Balaban J connectivity index is 2.02. The molecule has 3 N–H and O–H groups in total. The fourth-order valence-electron chi connectivity index (χ4n) is 3.64. The van der Waals surface area contributed by atoms with E-state index in [0.717, 1.165) is 12.3 Å². The molecule has 0 heterocycles. The molecule has 0 radical (unpaired) electrons. The van der Waals surface area contributed by atoms with Crippen molar-refractivity contribution in [1.29, 1.82) is 0 Å². The smallest absolute Gasteiger partial charge is 0.0462 e. The van der Waals surface area contributed by atoms with Crippen molar-refractivity contribution in [1.82, 2.24) is 5.43 Å². The summed E-state index contributed by atoms with van der Waals surface area (Å²) in [5, 5.41) is 0. The molecule has 1 aliphatic rings. The van der Waals surface area contributed by atoms with Gasteiger partial charge < -0.3 is 0 Å². The van der Waals surface area contributed by atoms with E-state index in [1.165, 1.54) is 56.1 Å². The highest BCUT2D eigenvalue weighted by molar-refractivity contribution is 5.26. The summed E-state index contributed by atoms with van der Waals surface area (Å²) < 4.78 is 0. The van der Waals surface area contributed by atoms with Gasteiger partial charge in [0.2, 0.25) is 0 Å². The van der Waals surface area contributed by atoms with Crippen molar-refractivity contribution >= 4 is 0 Å². The Kier molecular flexibility index (Phi) is 6.72. The average Bonchev–Trinajstić information content (AvgIpc) is 2.73. The summed E-state index contributed by atoms with van der Waals surface area (Å²) in [6.07, 6.45) is 10.7. The quantitative estimate of drug-likeness (QED) is 0.450. The highest BCUT2D eigenvalue weighted by Crippen LogP contribution is 2.31. The zero-order valence-corrected chi connectivity index (χ0v) is 13.8. The third kappa shape index (κ3) is 5.44. The number of rotatable bonds is 6. The third-order valence-electron chi connectivity index (χ3n) is 4.74. The van der Waals surface area contributed by atoms with Gasteiger partial charge in [0.1, 0.15) is 0 Å². The van der Waals surface area contributed by atoms with Crippen LogP contribution >= 0.6 is 0 Å². The first-order chi connectivity index (χ1) is 10.2. The van der Waals surface area contributed by atoms with Crippen molar-refractivity contribution < 1.29 is 0 Å². The molecule has 1 fully saturated rings. The van der Waals surface area contributed by atoms with E-state index in [0.29, 0.717) is 12.0 Å². The first-order valence-corrected chi connectivity index (χ1v) is 8.74. The van der Waals surface area contributed by atoms with Crippen LogP contribution in [-0.2, 0) is 6.42 Å². The van der Waals surface area contributed by atoms with Crippen LogP contribution in [-0.4, -0.2) is 0 Å². The minimum Gasteiger partial charge on any atom is -0.271 e. The van der Waals surface area contributed by atoms with E-state index in [1.54, 1.807) is 0 Å². The van der Waals surface area contributed by atoms with Crippen LogP contribution in [0.1, 0.15) is 76.0 Å². The molecule has 0 aliphatic heterocycles. The predicted molar refractivity (Wildman–Crippen MR) is 90.9 cm³/mol. The fraction of sp³-hybridized carbons (Fsp3) is 0.684. The van der Waals surface area contributed by atoms with Crippen LogP contribution in [0.25, 0.3) is 0 Å². The van der Waals surface area contributed by atoms with Crippen molar-refractivity contribution in [2.45, 2.75) is 71.3 Å². The monoisotopic (exact) mass is 288 g/mol. The topological polar surface area (TPSA) is 38.0 Å². The van der Waals surface area contributed by atoms with E-state index in [1.807, 2.05) is 0 Å². The molecule has 2 rings (SSSR count). The molecule has 118 valence electrons. The summed E-state index contributed by atoms with van der Waals surface area (Å²) in [6.45, 7) is 4.55. The van der Waals surface area contributed by atoms with Gasteiger partial charge >= 0.3 is 0 Å². The molecule has 1 aromatic carbocycles. The van der Waals surface area contributed by atoms with Crippen LogP contribution in [0.2, 0.25) is 0 Å². The molecule has 0 bridgehead atoms. The second-order valence-electron chi connectivity index (χ2n) is 7.16. The van der Waals surface area contributed by atoms with Crippen molar-refractivity contribution in [2.75, 3.05) is 0 Å². The van der Waals surface area contributed by atoms with Gasteiger partial charge in [-0.05, 0) is 35.8 Å². The maximum atomic E-state index is 5.86. The summed E-state index contributed by atoms with van der Waals surface area (Å²) in [4.78, 5) is 0. The van der Waals surface area contributed by atoms with E-state index in [2.05, 4.69) is 43.5 Å². The van der Waals surface area contributed by atoms with Gasteiger partial charge in [0, 0.05) is 6.04 Å². The van der Waals surface area contributed by atoms with Gasteiger partial charge in [-0.1, -0.05) is 76.6 Å². The molecule has 1 saturated carbocycles. The Labute approximate surface area is 130 Å². The van der Waals surface area contributed by atoms with Crippen molar-refractivity contribution in [3.05, 3.63) is 35.4 Å². The van der Waals surface area contributed by atoms with Gasteiger partial charge in [0.15, 0.2) is 0 Å². The van der Waals surface area contributed by atoms with Crippen molar-refractivity contribution in [3.63, 3.8) is 0 Å². The van der Waals surface area contributed by atoms with Crippen molar-refractivity contribution in [2.24, 2.45) is 17.7 Å².